The van der Waals surface area contributed by atoms with Crippen molar-refractivity contribution in [2.75, 3.05) is 13.1 Å². The van der Waals surface area contributed by atoms with Gasteiger partial charge in [-0.05, 0) is 29.7 Å². The van der Waals surface area contributed by atoms with Crippen LogP contribution < -0.4 is 10.5 Å². The Morgan fingerprint density at radius 2 is 2.00 bits per heavy atom. The van der Waals surface area contributed by atoms with E-state index in [0.29, 0.717) is 18.6 Å². The van der Waals surface area contributed by atoms with Crippen molar-refractivity contribution in [2.45, 2.75) is 26.1 Å². The Morgan fingerprint density at radius 1 is 1.18 bits per heavy atom. The first-order valence-electron chi connectivity index (χ1n) is 7.79. The van der Waals surface area contributed by atoms with Crippen molar-refractivity contribution in [2.24, 2.45) is 11.7 Å². The number of likely N-dealkylation sites (tertiary alicyclic amines) is 1. The molecular weight excluding hydrogens is 274 g/mol. The normalized spacial score (nSPS) is 21.9. The number of hydrogen-bond donors (Lipinski definition) is 1. The number of nitrogens with zero attached hydrogens (tertiary/aromatic N) is 2. The van der Waals surface area contributed by atoms with Crippen molar-refractivity contribution in [3.63, 3.8) is 0 Å². The maximum Gasteiger partial charge on any atom is 0.119 e. The molecule has 2 heterocycles. The van der Waals surface area contributed by atoms with Gasteiger partial charge in [0.25, 0.3) is 0 Å². The Labute approximate surface area is 131 Å². The summed E-state index contributed by atoms with van der Waals surface area (Å²) in [7, 11) is 0. The van der Waals surface area contributed by atoms with Gasteiger partial charge in [-0.25, -0.2) is 0 Å². The second-order valence-electron chi connectivity index (χ2n) is 6.13. The van der Waals surface area contributed by atoms with Gasteiger partial charge in [-0.2, -0.15) is 0 Å². The molecule has 0 radical (unpaired) electrons. The topological polar surface area (TPSA) is 51.4 Å². The van der Waals surface area contributed by atoms with Crippen LogP contribution in [0.5, 0.6) is 5.75 Å². The minimum absolute atomic E-state index is 0.307. The molecule has 1 aliphatic heterocycles. The minimum atomic E-state index is 0.307. The van der Waals surface area contributed by atoms with E-state index in [1.165, 1.54) is 5.56 Å². The Hall–Kier alpha value is -1.91. The van der Waals surface area contributed by atoms with E-state index in [1.807, 2.05) is 30.5 Å². The smallest absolute Gasteiger partial charge is 0.119 e. The average molecular weight is 297 g/mol. The number of hydrogen-bond acceptors (Lipinski definition) is 4. The Balaban J connectivity index is 1.52. The molecule has 0 bridgehead atoms. The van der Waals surface area contributed by atoms with Gasteiger partial charge in [-0.3, -0.25) is 9.88 Å². The lowest BCUT2D eigenvalue weighted by molar-refractivity contribution is 0.304. The van der Waals surface area contributed by atoms with Crippen molar-refractivity contribution >= 4 is 0 Å². The summed E-state index contributed by atoms with van der Waals surface area (Å²) >= 11 is 0. The van der Waals surface area contributed by atoms with E-state index in [1.54, 1.807) is 6.20 Å². The molecule has 4 nitrogen and oxygen atoms in total. The highest BCUT2D eigenvalue weighted by Crippen LogP contribution is 2.19. The van der Waals surface area contributed by atoms with Crippen LogP contribution in [0.4, 0.5) is 0 Å². The molecule has 0 aliphatic carbocycles. The molecule has 0 saturated carbocycles. The van der Waals surface area contributed by atoms with Crippen molar-refractivity contribution in [1.29, 1.82) is 0 Å². The van der Waals surface area contributed by atoms with Crippen LogP contribution in [0.1, 0.15) is 18.1 Å². The molecule has 0 amide bonds. The second-order valence-corrected chi connectivity index (χ2v) is 6.13. The van der Waals surface area contributed by atoms with Gasteiger partial charge in [0.2, 0.25) is 0 Å². The SMILES string of the molecule is CC1CN(Cc2ccc(OCc3cccnc3)cc2)CC1N. The molecule has 2 N–H and O–H groups in total. The monoisotopic (exact) mass is 297 g/mol. The first kappa shape index (κ1) is 15.0. The summed E-state index contributed by atoms with van der Waals surface area (Å²) in [6.07, 6.45) is 3.59. The number of ether oxygens (including phenoxy) is 1. The highest BCUT2D eigenvalue weighted by atomic mass is 16.5. The molecule has 0 spiro atoms. The molecule has 2 unspecified atom stereocenters. The first-order chi connectivity index (χ1) is 10.7. The van der Waals surface area contributed by atoms with Gasteiger partial charge < -0.3 is 10.5 Å². The molecule has 1 fully saturated rings. The lowest BCUT2D eigenvalue weighted by Crippen LogP contribution is -2.28. The van der Waals surface area contributed by atoms with E-state index < -0.39 is 0 Å². The molecule has 2 atom stereocenters. The van der Waals surface area contributed by atoms with Crippen LogP contribution in [-0.2, 0) is 13.2 Å². The molecule has 1 saturated heterocycles. The third-order valence-corrected chi connectivity index (χ3v) is 4.20. The number of aromatic nitrogens is 1. The predicted octanol–water partition coefficient (Wildman–Crippen LogP) is 2.44. The average Bonchev–Trinajstić information content (AvgIpc) is 2.85. The van der Waals surface area contributed by atoms with Gasteiger partial charge in [0.15, 0.2) is 0 Å². The van der Waals surface area contributed by atoms with Gasteiger partial charge >= 0.3 is 0 Å². The molecule has 2 aromatic rings. The highest BCUT2D eigenvalue weighted by molar-refractivity contribution is 5.27. The van der Waals surface area contributed by atoms with Crippen LogP contribution in [0, 0.1) is 5.92 Å². The Bertz CT molecular complexity index is 575. The standard InChI is InChI=1S/C18H23N3O/c1-14-10-21(12-18(14)19)11-15-4-6-17(7-5-15)22-13-16-3-2-8-20-9-16/h2-9,14,18H,10-13,19H2,1H3. The third kappa shape index (κ3) is 3.84. The van der Waals surface area contributed by atoms with Crippen molar-refractivity contribution in [1.82, 2.24) is 9.88 Å². The zero-order chi connectivity index (χ0) is 15.4. The minimum Gasteiger partial charge on any atom is -0.489 e. The second kappa shape index (κ2) is 6.90. The number of benzene rings is 1. The molecule has 1 aromatic heterocycles. The van der Waals surface area contributed by atoms with Gasteiger partial charge in [0, 0.05) is 43.6 Å². The summed E-state index contributed by atoms with van der Waals surface area (Å²) < 4.78 is 5.78. The van der Waals surface area contributed by atoms with E-state index in [2.05, 4.69) is 28.9 Å². The molecular formula is C18H23N3O. The summed E-state index contributed by atoms with van der Waals surface area (Å²) in [6, 6.07) is 12.6. The highest BCUT2D eigenvalue weighted by Gasteiger charge is 2.26. The zero-order valence-electron chi connectivity index (χ0n) is 13.0. The summed E-state index contributed by atoms with van der Waals surface area (Å²) in [5.74, 6) is 1.47. The van der Waals surface area contributed by atoms with E-state index in [0.717, 1.165) is 30.9 Å². The fraction of sp³-hybridized carbons (Fsp3) is 0.389. The molecule has 22 heavy (non-hydrogen) atoms. The third-order valence-electron chi connectivity index (χ3n) is 4.20. The van der Waals surface area contributed by atoms with Crippen LogP contribution in [0.25, 0.3) is 0 Å². The fourth-order valence-electron chi connectivity index (χ4n) is 2.82. The Kier molecular flexibility index (Phi) is 4.71. The van der Waals surface area contributed by atoms with Crippen LogP contribution in [0.2, 0.25) is 0 Å². The van der Waals surface area contributed by atoms with Crippen LogP contribution in [-0.4, -0.2) is 29.0 Å². The summed E-state index contributed by atoms with van der Waals surface area (Å²) in [5, 5.41) is 0. The van der Waals surface area contributed by atoms with Gasteiger partial charge in [-0.1, -0.05) is 25.1 Å². The largest absolute Gasteiger partial charge is 0.489 e. The number of nitrogens with two attached hydrogens (primary N) is 1. The van der Waals surface area contributed by atoms with Gasteiger partial charge in [0.1, 0.15) is 12.4 Å². The number of rotatable bonds is 5. The van der Waals surface area contributed by atoms with E-state index in [-0.39, 0.29) is 0 Å². The van der Waals surface area contributed by atoms with Gasteiger partial charge in [0.05, 0.1) is 0 Å². The maximum absolute atomic E-state index is 6.07. The lowest BCUT2D eigenvalue weighted by Gasteiger charge is -2.15. The van der Waals surface area contributed by atoms with Crippen molar-refractivity contribution < 1.29 is 4.74 Å². The molecule has 4 heteroatoms. The summed E-state index contributed by atoms with van der Waals surface area (Å²) in [6.45, 7) is 5.80. The Morgan fingerprint density at radius 3 is 2.64 bits per heavy atom. The first-order valence-corrected chi connectivity index (χ1v) is 7.79. The quantitative estimate of drug-likeness (QED) is 0.921. The lowest BCUT2D eigenvalue weighted by atomic mass is 10.1. The molecule has 3 rings (SSSR count). The molecule has 1 aromatic carbocycles. The van der Waals surface area contributed by atoms with Crippen LogP contribution >= 0.6 is 0 Å². The predicted molar refractivity (Wildman–Crippen MR) is 87.4 cm³/mol. The number of pyridine rings is 1. The van der Waals surface area contributed by atoms with Crippen molar-refractivity contribution in [3.8, 4) is 5.75 Å². The van der Waals surface area contributed by atoms with Crippen LogP contribution in [0.3, 0.4) is 0 Å². The van der Waals surface area contributed by atoms with Crippen LogP contribution in [0.15, 0.2) is 48.8 Å². The zero-order valence-corrected chi connectivity index (χ0v) is 13.0. The van der Waals surface area contributed by atoms with E-state index in [4.69, 9.17) is 10.5 Å². The summed E-state index contributed by atoms with van der Waals surface area (Å²) in [5.41, 5.74) is 8.45. The van der Waals surface area contributed by atoms with E-state index >= 15 is 0 Å². The maximum atomic E-state index is 6.07. The van der Waals surface area contributed by atoms with Gasteiger partial charge in [-0.15, -0.1) is 0 Å². The van der Waals surface area contributed by atoms with Crippen molar-refractivity contribution in [3.05, 3.63) is 59.9 Å². The fourth-order valence-corrected chi connectivity index (χ4v) is 2.82. The molecule has 116 valence electrons. The van der Waals surface area contributed by atoms with E-state index in [9.17, 15) is 0 Å². The summed E-state index contributed by atoms with van der Waals surface area (Å²) in [4.78, 5) is 6.50. The molecule has 1 aliphatic rings.